The summed E-state index contributed by atoms with van der Waals surface area (Å²) in [6.07, 6.45) is 3.64. The van der Waals surface area contributed by atoms with Crippen LogP contribution in [-0.2, 0) is 4.87 Å². The van der Waals surface area contributed by atoms with Gasteiger partial charge in [0.25, 0.3) is 0 Å². The number of nitrogens with one attached hydrogen (secondary N) is 1. The summed E-state index contributed by atoms with van der Waals surface area (Å²) in [5, 5.41) is 1.87. The highest BCUT2D eigenvalue weighted by Gasteiger charge is 2.37. The fourth-order valence-electron chi connectivity index (χ4n) is 1.40. The molecule has 0 radical (unpaired) electrons. The molecular formula is C9H11N3S2. The smallest absolute Gasteiger partial charge is 0.152 e. The molecule has 1 unspecified atom stereocenters. The van der Waals surface area contributed by atoms with Gasteiger partial charge in [0.05, 0.1) is 0 Å². The van der Waals surface area contributed by atoms with E-state index in [2.05, 4.69) is 23.4 Å². The van der Waals surface area contributed by atoms with E-state index in [9.17, 15) is 0 Å². The summed E-state index contributed by atoms with van der Waals surface area (Å²) in [4.78, 5) is 3.93. The second kappa shape index (κ2) is 3.49. The Hall–Kier alpha value is -0.650. The lowest BCUT2D eigenvalue weighted by Crippen LogP contribution is -2.39. The van der Waals surface area contributed by atoms with Crippen molar-refractivity contribution in [1.82, 2.24) is 15.4 Å². The molecule has 0 amide bonds. The van der Waals surface area contributed by atoms with Crippen molar-refractivity contribution in [2.45, 2.75) is 11.8 Å². The van der Waals surface area contributed by atoms with Crippen LogP contribution in [0.4, 0.5) is 0 Å². The molecule has 74 valence electrons. The van der Waals surface area contributed by atoms with Crippen LogP contribution >= 0.6 is 24.0 Å². The van der Waals surface area contributed by atoms with Gasteiger partial charge in [0.1, 0.15) is 4.87 Å². The Kier molecular flexibility index (Phi) is 2.47. The van der Waals surface area contributed by atoms with E-state index >= 15 is 0 Å². The lowest BCUT2D eigenvalue weighted by molar-refractivity contribution is 0.320. The summed E-state index contributed by atoms with van der Waals surface area (Å²) in [6, 6.07) is 3.99. The van der Waals surface area contributed by atoms with E-state index in [-0.39, 0.29) is 4.87 Å². The number of hydrogen-bond acceptors (Lipinski definition) is 4. The van der Waals surface area contributed by atoms with Crippen molar-refractivity contribution in [1.29, 1.82) is 0 Å². The van der Waals surface area contributed by atoms with Gasteiger partial charge in [-0.15, -0.1) is 0 Å². The van der Waals surface area contributed by atoms with Crippen LogP contribution in [0.2, 0.25) is 0 Å². The van der Waals surface area contributed by atoms with Gasteiger partial charge in [-0.25, -0.2) is 5.43 Å². The van der Waals surface area contributed by atoms with E-state index in [4.69, 9.17) is 12.2 Å². The van der Waals surface area contributed by atoms with Crippen LogP contribution < -0.4 is 5.43 Å². The van der Waals surface area contributed by atoms with Gasteiger partial charge >= 0.3 is 0 Å². The number of hydrogen-bond donors (Lipinski definition) is 1. The van der Waals surface area contributed by atoms with E-state index in [1.54, 1.807) is 18.0 Å². The Labute approximate surface area is 92.9 Å². The Bertz CT molecular complexity index is 354. The second-order valence-electron chi connectivity index (χ2n) is 3.31. The van der Waals surface area contributed by atoms with Crippen molar-refractivity contribution < 1.29 is 0 Å². The fourth-order valence-corrected chi connectivity index (χ4v) is 2.90. The van der Waals surface area contributed by atoms with E-state index in [0.717, 1.165) is 9.88 Å². The van der Waals surface area contributed by atoms with Gasteiger partial charge in [-0.05, 0) is 13.0 Å². The summed E-state index contributed by atoms with van der Waals surface area (Å²) < 4.78 is 0.858. The molecular weight excluding hydrogens is 214 g/mol. The number of nitrogens with zero attached hydrogens (tertiary/aromatic N) is 2. The molecule has 2 heterocycles. The largest absolute Gasteiger partial charge is 0.295 e. The number of rotatable bonds is 1. The van der Waals surface area contributed by atoms with Crippen molar-refractivity contribution in [3.8, 4) is 0 Å². The lowest BCUT2D eigenvalue weighted by atomic mass is 10.1. The molecule has 1 aliphatic heterocycles. The number of thioether (sulfide) groups is 1. The van der Waals surface area contributed by atoms with Crippen LogP contribution in [0.3, 0.4) is 0 Å². The molecule has 0 spiro atoms. The van der Waals surface area contributed by atoms with Gasteiger partial charge in [-0.1, -0.05) is 30.0 Å². The Balaban J connectivity index is 2.31. The summed E-state index contributed by atoms with van der Waals surface area (Å²) in [7, 11) is 1.93. The molecule has 0 aliphatic carbocycles. The zero-order chi connectivity index (χ0) is 10.2. The number of pyridine rings is 1. The third-order valence-corrected chi connectivity index (χ3v) is 3.87. The molecule has 1 atom stereocenters. The SMILES string of the molecule is CN1NC(C)(c2cccnc2)SC1=S. The van der Waals surface area contributed by atoms with Crippen LogP contribution in [0.1, 0.15) is 12.5 Å². The molecule has 0 aromatic carbocycles. The molecule has 5 heteroatoms. The first-order valence-electron chi connectivity index (χ1n) is 4.27. The van der Waals surface area contributed by atoms with Gasteiger partial charge in [0.15, 0.2) is 4.32 Å². The quantitative estimate of drug-likeness (QED) is 0.735. The highest BCUT2D eigenvalue weighted by atomic mass is 32.2. The van der Waals surface area contributed by atoms with Crippen molar-refractivity contribution in [3.05, 3.63) is 30.1 Å². The maximum absolute atomic E-state index is 5.20. The second-order valence-corrected chi connectivity index (χ2v) is 5.37. The predicted octanol–water partition coefficient (Wildman–Crippen LogP) is 1.72. The molecule has 1 aromatic heterocycles. The lowest BCUT2D eigenvalue weighted by Gasteiger charge is -2.23. The first-order chi connectivity index (χ1) is 6.62. The highest BCUT2D eigenvalue weighted by molar-refractivity contribution is 8.23. The minimum atomic E-state index is -0.180. The average Bonchev–Trinajstić information content (AvgIpc) is 2.44. The molecule has 0 bridgehead atoms. The van der Waals surface area contributed by atoms with Crippen molar-refractivity contribution in [2.75, 3.05) is 7.05 Å². The van der Waals surface area contributed by atoms with E-state index in [0.29, 0.717) is 0 Å². The summed E-state index contributed by atoms with van der Waals surface area (Å²) in [6.45, 7) is 2.10. The molecule has 1 aliphatic rings. The van der Waals surface area contributed by atoms with Gasteiger partial charge in [0, 0.05) is 25.0 Å². The Morgan fingerprint density at radius 2 is 2.43 bits per heavy atom. The van der Waals surface area contributed by atoms with Gasteiger partial charge < -0.3 is 0 Å². The molecule has 1 N–H and O–H groups in total. The van der Waals surface area contributed by atoms with Crippen molar-refractivity contribution in [2.24, 2.45) is 0 Å². The number of thiocarbonyl (C=S) groups is 1. The standard InChI is InChI=1S/C9H11N3S2/c1-9(7-4-3-5-10-6-7)11-12(2)8(13)14-9/h3-6,11H,1-2H3. The van der Waals surface area contributed by atoms with Gasteiger partial charge in [-0.2, -0.15) is 0 Å². The predicted molar refractivity (Wildman–Crippen MR) is 62.7 cm³/mol. The molecule has 2 rings (SSSR count). The monoisotopic (exact) mass is 225 g/mol. The van der Waals surface area contributed by atoms with Crippen molar-refractivity contribution in [3.63, 3.8) is 0 Å². The normalized spacial score (nSPS) is 27.0. The highest BCUT2D eigenvalue weighted by Crippen LogP contribution is 2.39. The number of aromatic nitrogens is 1. The van der Waals surface area contributed by atoms with Crippen LogP contribution in [0.25, 0.3) is 0 Å². The maximum Gasteiger partial charge on any atom is 0.152 e. The topological polar surface area (TPSA) is 28.2 Å². The Morgan fingerprint density at radius 3 is 2.93 bits per heavy atom. The molecule has 3 nitrogen and oxygen atoms in total. The summed E-state index contributed by atoms with van der Waals surface area (Å²) >= 11 is 6.83. The molecule has 1 fully saturated rings. The minimum Gasteiger partial charge on any atom is -0.295 e. The molecule has 1 saturated heterocycles. The van der Waals surface area contributed by atoms with Crippen LogP contribution in [-0.4, -0.2) is 21.4 Å². The average molecular weight is 225 g/mol. The molecule has 14 heavy (non-hydrogen) atoms. The summed E-state index contributed by atoms with van der Waals surface area (Å²) in [5.74, 6) is 0. The first-order valence-corrected chi connectivity index (χ1v) is 5.49. The molecule has 1 aromatic rings. The van der Waals surface area contributed by atoms with Gasteiger partial charge in [-0.3, -0.25) is 9.99 Å². The van der Waals surface area contributed by atoms with Crippen LogP contribution in [0.5, 0.6) is 0 Å². The third-order valence-electron chi connectivity index (χ3n) is 2.16. The summed E-state index contributed by atoms with van der Waals surface area (Å²) in [5.41, 5.74) is 4.45. The fraction of sp³-hybridized carbons (Fsp3) is 0.333. The maximum atomic E-state index is 5.20. The Morgan fingerprint density at radius 1 is 1.64 bits per heavy atom. The third kappa shape index (κ3) is 1.63. The minimum absolute atomic E-state index is 0.180. The molecule has 0 saturated carbocycles. The van der Waals surface area contributed by atoms with E-state index < -0.39 is 0 Å². The van der Waals surface area contributed by atoms with Crippen molar-refractivity contribution >= 4 is 28.3 Å². The van der Waals surface area contributed by atoms with Crippen LogP contribution in [0.15, 0.2) is 24.5 Å². The van der Waals surface area contributed by atoms with E-state index in [1.165, 1.54) is 0 Å². The first kappa shape index (κ1) is 9.89. The number of hydrazine groups is 1. The van der Waals surface area contributed by atoms with E-state index in [1.807, 2.05) is 24.3 Å². The zero-order valence-electron chi connectivity index (χ0n) is 8.02. The van der Waals surface area contributed by atoms with Gasteiger partial charge in [0.2, 0.25) is 0 Å². The zero-order valence-corrected chi connectivity index (χ0v) is 9.65. The van der Waals surface area contributed by atoms with Crippen LogP contribution in [0, 0.1) is 0 Å².